The summed E-state index contributed by atoms with van der Waals surface area (Å²) in [5.74, 6) is -0.193. The maximum atomic E-state index is 14.3. The summed E-state index contributed by atoms with van der Waals surface area (Å²) >= 11 is 6.27. The third-order valence-electron chi connectivity index (χ3n) is 4.07. The highest BCUT2D eigenvalue weighted by molar-refractivity contribution is 6.31. The molecule has 0 spiro atoms. The molecule has 0 amide bonds. The fourth-order valence-electron chi connectivity index (χ4n) is 3.68. The van der Waals surface area contributed by atoms with Gasteiger partial charge in [0, 0.05) is 36.2 Å². The summed E-state index contributed by atoms with van der Waals surface area (Å²) in [4.78, 5) is 0. The Morgan fingerprint density at radius 3 is 2.60 bits per heavy atom. The summed E-state index contributed by atoms with van der Waals surface area (Å²) < 4.78 is 19.3. The summed E-state index contributed by atoms with van der Waals surface area (Å²) in [5, 5.41) is 3.91. The van der Waals surface area contributed by atoms with Crippen LogP contribution < -0.4 is 5.32 Å². The zero-order valence-corrected chi connectivity index (χ0v) is 13.2. The lowest BCUT2D eigenvalue weighted by atomic mass is 9.51. The van der Waals surface area contributed by atoms with Crippen molar-refractivity contribution in [2.75, 3.05) is 26.8 Å². The lowest BCUT2D eigenvalue weighted by molar-refractivity contribution is 0.0522. The Bertz CT molecular complexity index is 447. The van der Waals surface area contributed by atoms with E-state index in [2.05, 4.69) is 19.2 Å². The van der Waals surface area contributed by atoms with Crippen LogP contribution in [0.1, 0.15) is 32.3 Å². The molecule has 1 aromatic carbocycles. The van der Waals surface area contributed by atoms with Gasteiger partial charge in [0.2, 0.25) is 0 Å². The number of ether oxygens (including phenoxy) is 1. The van der Waals surface area contributed by atoms with E-state index in [1.807, 2.05) is 0 Å². The molecule has 0 radical (unpaired) electrons. The van der Waals surface area contributed by atoms with Crippen LogP contribution in [0.25, 0.3) is 0 Å². The van der Waals surface area contributed by atoms with Crippen molar-refractivity contribution < 1.29 is 9.13 Å². The fourth-order valence-corrected chi connectivity index (χ4v) is 4.04. The van der Waals surface area contributed by atoms with Crippen LogP contribution in [-0.2, 0) is 10.2 Å². The van der Waals surface area contributed by atoms with Gasteiger partial charge in [-0.05, 0) is 30.4 Å². The minimum Gasteiger partial charge on any atom is -0.383 e. The molecule has 0 aliphatic heterocycles. The van der Waals surface area contributed by atoms with E-state index in [1.54, 1.807) is 19.2 Å². The van der Waals surface area contributed by atoms with Crippen LogP contribution in [0, 0.1) is 11.2 Å². The first-order chi connectivity index (χ1) is 9.40. The lowest BCUT2D eigenvalue weighted by Crippen LogP contribution is -2.53. The summed E-state index contributed by atoms with van der Waals surface area (Å²) in [6.07, 6.45) is 1.89. The molecule has 1 fully saturated rings. The van der Waals surface area contributed by atoms with E-state index in [-0.39, 0.29) is 16.6 Å². The molecular weight excluding hydrogens is 277 g/mol. The van der Waals surface area contributed by atoms with Gasteiger partial charge in [-0.1, -0.05) is 31.5 Å². The van der Waals surface area contributed by atoms with Gasteiger partial charge in [0.05, 0.1) is 6.61 Å². The van der Waals surface area contributed by atoms with Crippen molar-refractivity contribution in [1.82, 2.24) is 5.32 Å². The first-order valence-electron chi connectivity index (χ1n) is 7.04. The minimum atomic E-state index is -0.195. The molecule has 1 aliphatic rings. The first-order valence-corrected chi connectivity index (χ1v) is 7.42. The standard InChI is InChI=1S/C16H23ClFNO/c1-15(2)9-16(10-15,11-19-7-8-20-3)14-12(17)5-4-6-13(14)18/h4-6,19H,7-11H2,1-3H3. The van der Waals surface area contributed by atoms with Crippen LogP contribution in [0.15, 0.2) is 18.2 Å². The van der Waals surface area contributed by atoms with E-state index in [4.69, 9.17) is 16.3 Å². The quantitative estimate of drug-likeness (QED) is 0.807. The fraction of sp³-hybridized carbons (Fsp3) is 0.625. The van der Waals surface area contributed by atoms with Gasteiger partial charge in [0.1, 0.15) is 5.82 Å². The average molecular weight is 300 g/mol. The molecule has 1 aromatic rings. The Kier molecular flexibility index (Phi) is 4.73. The predicted molar refractivity (Wildman–Crippen MR) is 80.8 cm³/mol. The Labute approximate surface area is 125 Å². The summed E-state index contributed by atoms with van der Waals surface area (Å²) in [6, 6.07) is 4.95. The molecule has 1 N–H and O–H groups in total. The topological polar surface area (TPSA) is 21.3 Å². The second-order valence-corrected chi connectivity index (χ2v) is 6.97. The Morgan fingerprint density at radius 1 is 1.35 bits per heavy atom. The number of benzene rings is 1. The normalized spacial score (nSPS) is 19.6. The van der Waals surface area contributed by atoms with Gasteiger partial charge in [-0.2, -0.15) is 0 Å². The monoisotopic (exact) mass is 299 g/mol. The average Bonchev–Trinajstić information content (AvgIpc) is 2.32. The zero-order valence-electron chi connectivity index (χ0n) is 12.4. The third-order valence-corrected chi connectivity index (χ3v) is 4.39. The molecule has 1 saturated carbocycles. The molecule has 0 heterocycles. The maximum absolute atomic E-state index is 14.3. The maximum Gasteiger partial charge on any atom is 0.128 e. The van der Waals surface area contributed by atoms with Crippen molar-refractivity contribution in [3.8, 4) is 0 Å². The highest BCUT2D eigenvalue weighted by Crippen LogP contribution is 2.56. The summed E-state index contributed by atoms with van der Waals surface area (Å²) in [7, 11) is 1.68. The first kappa shape index (κ1) is 15.7. The molecule has 4 heteroatoms. The molecule has 0 bridgehead atoms. The lowest BCUT2D eigenvalue weighted by Gasteiger charge is -2.54. The molecule has 20 heavy (non-hydrogen) atoms. The van der Waals surface area contributed by atoms with Crippen molar-refractivity contribution >= 4 is 11.6 Å². The smallest absolute Gasteiger partial charge is 0.128 e. The van der Waals surface area contributed by atoms with Crippen LogP contribution in [0.2, 0.25) is 5.02 Å². The molecule has 0 aromatic heterocycles. The molecule has 0 saturated heterocycles. The molecule has 2 rings (SSSR count). The van der Waals surface area contributed by atoms with E-state index >= 15 is 0 Å². The number of methoxy groups -OCH3 is 1. The number of hydrogen-bond acceptors (Lipinski definition) is 2. The second-order valence-electron chi connectivity index (χ2n) is 6.56. The van der Waals surface area contributed by atoms with Gasteiger partial charge < -0.3 is 10.1 Å². The van der Waals surface area contributed by atoms with Crippen LogP contribution in [-0.4, -0.2) is 26.8 Å². The van der Waals surface area contributed by atoms with Gasteiger partial charge in [-0.25, -0.2) is 4.39 Å². The highest BCUT2D eigenvalue weighted by atomic mass is 35.5. The van der Waals surface area contributed by atoms with E-state index in [0.29, 0.717) is 17.2 Å². The van der Waals surface area contributed by atoms with Crippen LogP contribution >= 0.6 is 11.6 Å². The Balaban J connectivity index is 2.20. The number of nitrogens with one attached hydrogen (secondary N) is 1. The van der Waals surface area contributed by atoms with Gasteiger partial charge in [-0.15, -0.1) is 0 Å². The van der Waals surface area contributed by atoms with Crippen molar-refractivity contribution in [1.29, 1.82) is 0 Å². The predicted octanol–water partition coefficient (Wildman–Crippen LogP) is 3.77. The molecular formula is C16H23ClFNO. The zero-order chi connectivity index (χ0) is 14.8. The van der Waals surface area contributed by atoms with Crippen LogP contribution in [0.4, 0.5) is 4.39 Å². The van der Waals surface area contributed by atoms with Crippen molar-refractivity contribution in [2.45, 2.75) is 32.1 Å². The van der Waals surface area contributed by atoms with Gasteiger partial charge in [-0.3, -0.25) is 0 Å². The van der Waals surface area contributed by atoms with Crippen molar-refractivity contribution in [2.24, 2.45) is 5.41 Å². The van der Waals surface area contributed by atoms with Gasteiger partial charge in [0.15, 0.2) is 0 Å². The van der Waals surface area contributed by atoms with Crippen molar-refractivity contribution in [3.63, 3.8) is 0 Å². The van der Waals surface area contributed by atoms with E-state index in [9.17, 15) is 4.39 Å². The minimum absolute atomic E-state index is 0.193. The number of rotatable bonds is 6. The van der Waals surface area contributed by atoms with Crippen LogP contribution in [0.5, 0.6) is 0 Å². The SMILES string of the molecule is COCCNCC1(c2c(F)cccc2Cl)CC(C)(C)C1. The largest absolute Gasteiger partial charge is 0.383 e. The molecule has 1 aliphatic carbocycles. The van der Waals surface area contributed by atoms with E-state index in [1.165, 1.54) is 6.07 Å². The summed E-state index contributed by atoms with van der Waals surface area (Å²) in [5.41, 5.74) is 0.722. The third kappa shape index (κ3) is 3.16. The number of halogens is 2. The molecule has 2 nitrogen and oxygen atoms in total. The number of hydrogen-bond donors (Lipinski definition) is 1. The highest BCUT2D eigenvalue weighted by Gasteiger charge is 2.51. The van der Waals surface area contributed by atoms with Crippen molar-refractivity contribution in [3.05, 3.63) is 34.6 Å². The van der Waals surface area contributed by atoms with Gasteiger partial charge in [0.25, 0.3) is 0 Å². The molecule has 0 atom stereocenters. The van der Waals surface area contributed by atoms with E-state index in [0.717, 1.165) is 25.9 Å². The van der Waals surface area contributed by atoms with E-state index < -0.39 is 0 Å². The van der Waals surface area contributed by atoms with Gasteiger partial charge >= 0.3 is 0 Å². The second kappa shape index (κ2) is 6.00. The Hall–Kier alpha value is -0.640. The molecule has 0 unspecified atom stereocenters. The molecule has 112 valence electrons. The van der Waals surface area contributed by atoms with Crippen LogP contribution in [0.3, 0.4) is 0 Å². The Morgan fingerprint density at radius 2 is 2.05 bits per heavy atom. The summed E-state index contributed by atoms with van der Waals surface area (Å²) in [6.45, 7) is 6.60.